The minimum absolute atomic E-state index is 0.573. The molecular weight excluding hydrogens is 426 g/mol. The topological polar surface area (TPSA) is 50.4 Å². The molecule has 0 radical (unpaired) electrons. The van der Waals surface area contributed by atoms with Crippen molar-refractivity contribution >= 4 is 22.5 Å². The summed E-state index contributed by atoms with van der Waals surface area (Å²) in [7, 11) is 0. The van der Waals surface area contributed by atoms with Gasteiger partial charge in [-0.2, -0.15) is 0 Å². The van der Waals surface area contributed by atoms with E-state index in [4.69, 9.17) is 10.7 Å². The van der Waals surface area contributed by atoms with Crippen LogP contribution in [0.4, 0.5) is 5.69 Å². The zero-order valence-electron chi connectivity index (χ0n) is 21.4. The van der Waals surface area contributed by atoms with Gasteiger partial charge >= 0.3 is 0 Å². The molecule has 3 aromatic carbocycles. The monoisotopic (exact) mass is 463 g/mol. The number of allylic oxidation sites excluding steroid dienone is 4. The summed E-state index contributed by atoms with van der Waals surface area (Å²) < 4.78 is 0. The highest BCUT2D eigenvalue weighted by atomic mass is 15.2. The minimum atomic E-state index is -0.573. The molecule has 3 heteroatoms. The molecule has 3 aromatic rings. The molecule has 180 valence electrons. The van der Waals surface area contributed by atoms with Gasteiger partial charge in [-0.05, 0) is 74.1 Å². The van der Waals surface area contributed by atoms with Crippen LogP contribution < -0.4 is 11.1 Å². The Balaban J connectivity index is 1.94. The van der Waals surface area contributed by atoms with Crippen molar-refractivity contribution in [2.24, 2.45) is 10.7 Å². The van der Waals surface area contributed by atoms with Gasteiger partial charge in [0.1, 0.15) is 0 Å². The molecule has 0 saturated carbocycles. The Morgan fingerprint density at radius 3 is 2.31 bits per heavy atom. The fourth-order valence-electron chi connectivity index (χ4n) is 4.03. The molecule has 0 aromatic heterocycles. The Hall–Kier alpha value is -3.69. The van der Waals surface area contributed by atoms with Crippen LogP contribution in [0.2, 0.25) is 0 Å². The molecule has 3 nitrogen and oxygen atoms in total. The number of aliphatic imine (C=N–C) groups is 1. The van der Waals surface area contributed by atoms with Crippen LogP contribution in [-0.2, 0) is 6.42 Å². The number of hydrogen-bond donors (Lipinski definition) is 2. The predicted octanol–water partition coefficient (Wildman–Crippen LogP) is 7.72. The third kappa shape index (κ3) is 7.40. The maximum Gasteiger partial charge on any atom is 0.171 e. The van der Waals surface area contributed by atoms with Gasteiger partial charge in [0.15, 0.2) is 6.29 Å². The maximum atomic E-state index is 6.45. The highest BCUT2D eigenvalue weighted by molar-refractivity contribution is 6.24. The number of nitrogens with zero attached hydrogens (tertiary/aromatic N) is 1. The largest absolute Gasteiger partial charge is 0.352 e. The second kappa shape index (κ2) is 12.1. The van der Waals surface area contributed by atoms with Crippen LogP contribution in [0.5, 0.6) is 0 Å². The molecule has 0 aliphatic carbocycles. The minimum Gasteiger partial charge on any atom is -0.352 e. The fraction of sp³-hybridized carbons (Fsp3) is 0.219. The lowest BCUT2D eigenvalue weighted by atomic mass is 9.91. The lowest BCUT2D eigenvalue weighted by Gasteiger charge is -2.18. The first-order chi connectivity index (χ1) is 16.8. The molecule has 0 saturated heterocycles. The van der Waals surface area contributed by atoms with Crippen molar-refractivity contribution in [2.45, 2.75) is 46.8 Å². The molecule has 0 aliphatic rings. The summed E-state index contributed by atoms with van der Waals surface area (Å²) in [6, 6.07) is 25.0. The van der Waals surface area contributed by atoms with E-state index in [0.717, 1.165) is 52.1 Å². The quantitative estimate of drug-likeness (QED) is 0.184. The standard InChI is InChI=1S/C32H37N3/c1-7-31(35-32(33)34-28-17-15-27(16-18-28)22(2)3)30(29-20-23(4)13-14-25(29)6)21-24(5)19-26-11-9-8-10-12-26/h8-18,20-21,32,34H,2,5,7,19,33H2,1,3-4,6H3/b30-21-,35-31?. The van der Waals surface area contributed by atoms with Gasteiger partial charge in [0, 0.05) is 17.0 Å². The van der Waals surface area contributed by atoms with Gasteiger partial charge < -0.3 is 5.32 Å². The van der Waals surface area contributed by atoms with Gasteiger partial charge in [-0.15, -0.1) is 0 Å². The van der Waals surface area contributed by atoms with E-state index in [0.29, 0.717) is 0 Å². The summed E-state index contributed by atoms with van der Waals surface area (Å²) in [5.74, 6) is 0. The lowest BCUT2D eigenvalue weighted by Crippen LogP contribution is -2.29. The Bertz CT molecular complexity index is 1230. The van der Waals surface area contributed by atoms with Crippen LogP contribution in [0.3, 0.4) is 0 Å². The molecule has 3 N–H and O–H groups in total. The zero-order valence-corrected chi connectivity index (χ0v) is 21.4. The Morgan fingerprint density at radius 1 is 1.00 bits per heavy atom. The lowest BCUT2D eigenvalue weighted by molar-refractivity contribution is 0.807. The van der Waals surface area contributed by atoms with E-state index in [9.17, 15) is 0 Å². The van der Waals surface area contributed by atoms with Gasteiger partial charge in [-0.3, -0.25) is 5.73 Å². The maximum absolute atomic E-state index is 6.45. The van der Waals surface area contributed by atoms with Crippen LogP contribution in [0.25, 0.3) is 11.1 Å². The Morgan fingerprint density at radius 2 is 1.69 bits per heavy atom. The van der Waals surface area contributed by atoms with Gasteiger partial charge in [0.25, 0.3) is 0 Å². The third-order valence-corrected chi connectivity index (χ3v) is 5.94. The van der Waals surface area contributed by atoms with Crippen LogP contribution in [-0.4, -0.2) is 12.0 Å². The summed E-state index contributed by atoms with van der Waals surface area (Å²) >= 11 is 0. The summed E-state index contributed by atoms with van der Waals surface area (Å²) in [6.45, 7) is 16.7. The van der Waals surface area contributed by atoms with Crippen molar-refractivity contribution in [3.8, 4) is 0 Å². The van der Waals surface area contributed by atoms with Crippen LogP contribution in [0.1, 0.15) is 48.1 Å². The second-order valence-corrected chi connectivity index (χ2v) is 9.07. The zero-order chi connectivity index (χ0) is 25.4. The highest BCUT2D eigenvalue weighted by Gasteiger charge is 2.14. The SMILES string of the molecule is C=C(/C=C(\C(CC)=NC(N)Nc1ccc(C(=C)C)cc1)c1cc(C)ccc1C)Cc1ccccc1. The third-order valence-electron chi connectivity index (χ3n) is 5.94. The van der Waals surface area contributed by atoms with Gasteiger partial charge in [-0.25, -0.2) is 4.99 Å². The molecule has 0 spiro atoms. The number of nitrogens with two attached hydrogens (primary N) is 1. The van der Waals surface area contributed by atoms with Crippen molar-refractivity contribution in [1.82, 2.24) is 0 Å². The molecular formula is C32H37N3. The molecule has 0 fully saturated rings. The van der Waals surface area contributed by atoms with E-state index in [1.165, 1.54) is 16.7 Å². The van der Waals surface area contributed by atoms with E-state index < -0.39 is 6.29 Å². The number of benzene rings is 3. The van der Waals surface area contributed by atoms with E-state index >= 15 is 0 Å². The van der Waals surface area contributed by atoms with Crippen molar-refractivity contribution in [1.29, 1.82) is 0 Å². The summed E-state index contributed by atoms with van der Waals surface area (Å²) in [5.41, 5.74) is 17.4. The van der Waals surface area contributed by atoms with Crippen molar-refractivity contribution in [3.63, 3.8) is 0 Å². The van der Waals surface area contributed by atoms with Crippen molar-refractivity contribution < 1.29 is 0 Å². The number of rotatable bonds is 10. The van der Waals surface area contributed by atoms with Crippen molar-refractivity contribution in [3.05, 3.63) is 125 Å². The van der Waals surface area contributed by atoms with Gasteiger partial charge in [-0.1, -0.05) is 97.5 Å². The normalized spacial score (nSPS) is 12.8. The first kappa shape index (κ1) is 25.9. The average Bonchev–Trinajstić information content (AvgIpc) is 2.84. The fourth-order valence-corrected chi connectivity index (χ4v) is 4.03. The first-order valence-corrected chi connectivity index (χ1v) is 12.1. The molecule has 1 unspecified atom stereocenters. The summed E-state index contributed by atoms with van der Waals surface area (Å²) in [6.07, 6.45) is 3.13. The van der Waals surface area contributed by atoms with Crippen LogP contribution >= 0.6 is 0 Å². The average molecular weight is 464 g/mol. The number of anilines is 1. The van der Waals surface area contributed by atoms with E-state index in [1.807, 2.05) is 37.3 Å². The number of nitrogens with one attached hydrogen (secondary N) is 1. The molecule has 0 aliphatic heterocycles. The smallest absolute Gasteiger partial charge is 0.171 e. The van der Waals surface area contributed by atoms with E-state index in [2.05, 4.69) is 87.8 Å². The molecule has 0 amide bonds. The van der Waals surface area contributed by atoms with Crippen LogP contribution in [0, 0.1) is 13.8 Å². The Labute approximate surface area is 210 Å². The second-order valence-electron chi connectivity index (χ2n) is 9.07. The molecule has 0 heterocycles. The van der Waals surface area contributed by atoms with Crippen molar-refractivity contribution in [2.75, 3.05) is 5.32 Å². The van der Waals surface area contributed by atoms with E-state index in [-0.39, 0.29) is 0 Å². The first-order valence-electron chi connectivity index (χ1n) is 12.1. The molecule has 0 bridgehead atoms. The highest BCUT2D eigenvalue weighted by Crippen LogP contribution is 2.26. The molecule has 3 rings (SSSR count). The summed E-state index contributed by atoms with van der Waals surface area (Å²) in [5, 5.41) is 3.31. The molecule has 1 atom stereocenters. The summed E-state index contributed by atoms with van der Waals surface area (Å²) in [4.78, 5) is 4.91. The number of aryl methyl sites for hydroxylation is 2. The van der Waals surface area contributed by atoms with Gasteiger partial charge in [0.05, 0.1) is 0 Å². The number of hydrogen-bond acceptors (Lipinski definition) is 3. The van der Waals surface area contributed by atoms with Gasteiger partial charge in [0.2, 0.25) is 0 Å². The Kier molecular flexibility index (Phi) is 8.99. The molecule has 35 heavy (non-hydrogen) atoms. The van der Waals surface area contributed by atoms with Crippen LogP contribution in [0.15, 0.2) is 103 Å². The van der Waals surface area contributed by atoms with E-state index in [1.54, 1.807) is 0 Å². The predicted molar refractivity (Wildman–Crippen MR) is 154 cm³/mol.